The lowest BCUT2D eigenvalue weighted by atomic mass is 9.97. The largest absolute Gasteiger partial charge is 0.490 e. The van der Waals surface area contributed by atoms with Crippen molar-refractivity contribution in [2.24, 2.45) is 0 Å². The fourth-order valence-electron chi connectivity index (χ4n) is 2.47. The van der Waals surface area contributed by atoms with Crippen LogP contribution in [0, 0.1) is 6.92 Å². The van der Waals surface area contributed by atoms with Gasteiger partial charge in [-0.1, -0.05) is 18.2 Å². The average molecular weight is 268 g/mol. The maximum atomic E-state index is 11.6. The summed E-state index contributed by atoms with van der Waals surface area (Å²) < 4.78 is 29.1. The van der Waals surface area contributed by atoms with Gasteiger partial charge in [-0.3, -0.25) is 0 Å². The first-order valence-electron chi connectivity index (χ1n) is 6.38. The van der Waals surface area contributed by atoms with E-state index in [1.807, 2.05) is 31.2 Å². The van der Waals surface area contributed by atoms with Crippen LogP contribution >= 0.6 is 0 Å². The number of benzene rings is 1. The molecule has 18 heavy (non-hydrogen) atoms. The van der Waals surface area contributed by atoms with Crippen LogP contribution in [0.2, 0.25) is 0 Å². The molecule has 0 aromatic heterocycles. The minimum absolute atomic E-state index is 0.0274. The number of hydrogen-bond acceptors (Lipinski definition) is 3. The summed E-state index contributed by atoms with van der Waals surface area (Å²) in [6.45, 7) is 2.01. The molecule has 0 saturated heterocycles. The Labute approximate surface area is 109 Å². The summed E-state index contributed by atoms with van der Waals surface area (Å²) >= 11 is 0. The monoisotopic (exact) mass is 268 g/mol. The van der Waals surface area contributed by atoms with Crippen LogP contribution in [-0.2, 0) is 9.84 Å². The fourth-order valence-corrected chi connectivity index (χ4v) is 3.63. The summed E-state index contributed by atoms with van der Waals surface area (Å²) in [6, 6.07) is 7.87. The number of hydrogen-bond donors (Lipinski definition) is 0. The first-order chi connectivity index (χ1) is 8.47. The van der Waals surface area contributed by atoms with Crippen molar-refractivity contribution in [2.45, 2.75) is 44.0 Å². The molecule has 100 valence electrons. The highest BCUT2D eigenvalue weighted by atomic mass is 32.2. The zero-order chi connectivity index (χ0) is 13.2. The van der Waals surface area contributed by atoms with Crippen LogP contribution in [0.4, 0.5) is 0 Å². The second-order valence-electron chi connectivity index (χ2n) is 5.12. The SMILES string of the molecule is Cc1ccccc1OC1CCCC(S(C)(=O)=O)C1. The van der Waals surface area contributed by atoms with Crippen molar-refractivity contribution < 1.29 is 13.2 Å². The van der Waals surface area contributed by atoms with E-state index in [0.29, 0.717) is 6.42 Å². The van der Waals surface area contributed by atoms with E-state index in [1.54, 1.807) is 0 Å². The molecule has 1 aromatic carbocycles. The van der Waals surface area contributed by atoms with Crippen LogP contribution in [0.15, 0.2) is 24.3 Å². The third-order valence-electron chi connectivity index (χ3n) is 3.57. The average Bonchev–Trinajstić information content (AvgIpc) is 2.31. The lowest BCUT2D eigenvalue weighted by Gasteiger charge is -2.29. The van der Waals surface area contributed by atoms with Crippen molar-refractivity contribution in [1.82, 2.24) is 0 Å². The van der Waals surface area contributed by atoms with E-state index in [9.17, 15) is 8.42 Å². The number of rotatable bonds is 3. The van der Waals surface area contributed by atoms with E-state index in [4.69, 9.17) is 4.74 Å². The lowest BCUT2D eigenvalue weighted by Crippen LogP contribution is -2.33. The van der Waals surface area contributed by atoms with E-state index in [1.165, 1.54) is 6.26 Å². The van der Waals surface area contributed by atoms with E-state index < -0.39 is 9.84 Å². The molecule has 1 fully saturated rings. The van der Waals surface area contributed by atoms with Gasteiger partial charge in [0.2, 0.25) is 0 Å². The van der Waals surface area contributed by atoms with Crippen molar-refractivity contribution in [2.75, 3.05) is 6.26 Å². The first kappa shape index (κ1) is 13.4. The Hall–Kier alpha value is -1.03. The van der Waals surface area contributed by atoms with Crippen LogP contribution in [-0.4, -0.2) is 26.0 Å². The van der Waals surface area contributed by atoms with Gasteiger partial charge < -0.3 is 4.74 Å². The zero-order valence-electron chi connectivity index (χ0n) is 10.9. The smallest absolute Gasteiger partial charge is 0.150 e. The fraction of sp³-hybridized carbons (Fsp3) is 0.571. The van der Waals surface area contributed by atoms with Gasteiger partial charge in [-0.25, -0.2) is 8.42 Å². The van der Waals surface area contributed by atoms with Gasteiger partial charge in [-0.15, -0.1) is 0 Å². The molecular weight excluding hydrogens is 248 g/mol. The molecule has 0 bridgehead atoms. The minimum atomic E-state index is -2.94. The van der Waals surface area contributed by atoms with Crippen LogP contribution < -0.4 is 4.74 Å². The number of aryl methyl sites for hydroxylation is 1. The maximum absolute atomic E-state index is 11.6. The molecule has 2 unspecified atom stereocenters. The summed E-state index contributed by atoms with van der Waals surface area (Å²) in [4.78, 5) is 0. The van der Waals surface area contributed by atoms with Gasteiger partial charge in [-0.2, -0.15) is 0 Å². The molecule has 3 nitrogen and oxygen atoms in total. The molecule has 0 heterocycles. The molecule has 2 rings (SSSR count). The van der Waals surface area contributed by atoms with E-state index in [2.05, 4.69) is 0 Å². The van der Waals surface area contributed by atoms with Crippen LogP contribution in [0.5, 0.6) is 5.75 Å². The van der Waals surface area contributed by atoms with Crippen molar-refractivity contribution in [3.63, 3.8) is 0 Å². The Kier molecular flexibility index (Phi) is 3.95. The van der Waals surface area contributed by atoms with E-state index in [-0.39, 0.29) is 11.4 Å². The van der Waals surface area contributed by atoms with Gasteiger partial charge in [0, 0.05) is 12.7 Å². The topological polar surface area (TPSA) is 43.4 Å². The maximum Gasteiger partial charge on any atom is 0.150 e. The molecule has 1 saturated carbocycles. The highest BCUT2D eigenvalue weighted by Crippen LogP contribution is 2.28. The van der Waals surface area contributed by atoms with Crippen molar-refractivity contribution >= 4 is 9.84 Å². The van der Waals surface area contributed by atoms with Gasteiger partial charge in [0.15, 0.2) is 0 Å². The normalized spacial score (nSPS) is 24.8. The third-order valence-corrected chi connectivity index (χ3v) is 5.21. The molecular formula is C14H20O3S. The second-order valence-corrected chi connectivity index (χ2v) is 7.45. The van der Waals surface area contributed by atoms with Gasteiger partial charge >= 0.3 is 0 Å². The standard InChI is InChI=1S/C14H20O3S/c1-11-6-3-4-9-14(11)17-12-7-5-8-13(10-12)18(2,15)16/h3-4,6,9,12-13H,5,7-8,10H2,1-2H3. The third kappa shape index (κ3) is 3.25. The van der Waals surface area contributed by atoms with E-state index >= 15 is 0 Å². The van der Waals surface area contributed by atoms with Crippen LogP contribution in [0.1, 0.15) is 31.2 Å². The number of sulfone groups is 1. The Morgan fingerprint density at radius 3 is 2.61 bits per heavy atom. The molecule has 0 N–H and O–H groups in total. The summed E-state index contributed by atoms with van der Waals surface area (Å²) in [5, 5.41) is -0.236. The Morgan fingerprint density at radius 2 is 1.94 bits per heavy atom. The number of para-hydroxylation sites is 1. The predicted octanol–water partition coefficient (Wildman–Crippen LogP) is 2.73. The van der Waals surface area contributed by atoms with Crippen molar-refractivity contribution in [1.29, 1.82) is 0 Å². The molecule has 0 aliphatic heterocycles. The Bertz CT molecular complexity index is 508. The second kappa shape index (κ2) is 5.31. The molecule has 2 atom stereocenters. The molecule has 1 aliphatic rings. The molecule has 1 aliphatic carbocycles. The zero-order valence-corrected chi connectivity index (χ0v) is 11.7. The summed E-state index contributed by atoms with van der Waals surface area (Å²) in [6.07, 6.45) is 4.61. The molecule has 4 heteroatoms. The highest BCUT2D eigenvalue weighted by molar-refractivity contribution is 7.91. The summed E-state index contributed by atoms with van der Waals surface area (Å²) in [5.41, 5.74) is 1.10. The molecule has 0 amide bonds. The van der Waals surface area contributed by atoms with Crippen molar-refractivity contribution in [3.8, 4) is 5.75 Å². The summed E-state index contributed by atoms with van der Waals surface area (Å²) in [7, 11) is -2.94. The van der Waals surface area contributed by atoms with Crippen LogP contribution in [0.25, 0.3) is 0 Å². The van der Waals surface area contributed by atoms with Crippen LogP contribution in [0.3, 0.4) is 0 Å². The predicted molar refractivity (Wildman–Crippen MR) is 72.7 cm³/mol. The van der Waals surface area contributed by atoms with E-state index in [0.717, 1.165) is 30.6 Å². The summed E-state index contributed by atoms with van der Waals surface area (Å²) in [5.74, 6) is 0.872. The van der Waals surface area contributed by atoms with Gasteiger partial charge in [0.25, 0.3) is 0 Å². The first-order valence-corrected chi connectivity index (χ1v) is 8.33. The van der Waals surface area contributed by atoms with Gasteiger partial charge in [0.05, 0.1) is 11.4 Å². The lowest BCUT2D eigenvalue weighted by molar-refractivity contribution is 0.155. The van der Waals surface area contributed by atoms with Gasteiger partial charge in [-0.05, 0) is 37.8 Å². The number of ether oxygens (including phenoxy) is 1. The quantitative estimate of drug-likeness (QED) is 0.846. The van der Waals surface area contributed by atoms with Crippen molar-refractivity contribution in [3.05, 3.63) is 29.8 Å². The molecule has 0 spiro atoms. The minimum Gasteiger partial charge on any atom is -0.490 e. The Morgan fingerprint density at radius 1 is 1.22 bits per heavy atom. The van der Waals surface area contributed by atoms with Gasteiger partial charge in [0.1, 0.15) is 15.6 Å². The molecule has 1 aromatic rings. The Balaban J connectivity index is 2.05. The highest BCUT2D eigenvalue weighted by Gasteiger charge is 2.30. The molecule has 0 radical (unpaired) electrons.